The standard InChI is InChI=1S/C16H19FN2O/c1-2-20-15-9-14(16(15)6-3-7-16)19-13-5-4-12(17)8-11(13)10-18/h4-5,8,14-15,19H,2-3,6-7,9H2,1H3. The summed E-state index contributed by atoms with van der Waals surface area (Å²) in [5, 5.41) is 12.5. The zero-order chi connectivity index (χ0) is 14.2. The Morgan fingerprint density at radius 2 is 2.30 bits per heavy atom. The van der Waals surface area contributed by atoms with Crippen molar-refractivity contribution in [1.29, 1.82) is 5.26 Å². The van der Waals surface area contributed by atoms with Gasteiger partial charge in [-0.1, -0.05) is 6.42 Å². The minimum atomic E-state index is -0.369. The molecule has 1 aromatic rings. The van der Waals surface area contributed by atoms with E-state index in [2.05, 4.69) is 11.4 Å². The van der Waals surface area contributed by atoms with E-state index >= 15 is 0 Å². The first-order chi connectivity index (χ1) is 9.69. The molecule has 4 heteroatoms. The van der Waals surface area contributed by atoms with Crippen LogP contribution in [0.3, 0.4) is 0 Å². The molecule has 2 saturated carbocycles. The van der Waals surface area contributed by atoms with Gasteiger partial charge in [0.05, 0.1) is 17.4 Å². The lowest BCUT2D eigenvalue weighted by Crippen LogP contribution is -2.64. The van der Waals surface area contributed by atoms with Crippen molar-refractivity contribution in [3.8, 4) is 6.07 Å². The number of anilines is 1. The summed E-state index contributed by atoms with van der Waals surface area (Å²) < 4.78 is 19.0. The Kier molecular flexibility index (Phi) is 3.39. The van der Waals surface area contributed by atoms with Gasteiger partial charge in [-0.15, -0.1) is 0 Å². The average Bonchev–Trinajstić information content (AvgIpc) is 2.37. The topological polar surface area (TPSA) is 45.0 Å². The molecule has 2 aliphatic carbocycles. The number of nitriles is 1. The molecule has 2 aliphatic rings. The van der Waals surface area contributed by atoms with Crippen LogP contribution in [-0.2, 0) is 4.74 Å². The second-order valence-electron chi connectivity index (χ2n) is 5.77. The summed E-state index contributed by atoms with van der Waals surface area (Å²) in [5.74, 6) is -0.369. The molecule has 2 unspecified atom stereocenters. The summed E-state index contributed by atoms with van der Waals surface area (Å²) in [4.78, 5) is 0. The molecule has 0 bridgehead atoms. The molecule has 0 amide bonds. The lowest BCUT2D eigenvalue weighted by Gasteiger charge is -2.61. The number of nitrogens with one attached hydrogen (secondary N) is 1. The van der Waals surface area contributed by atoms with Gasteiger partial charge in [0.25, 0.3) is 0 Å². The third-order valence-corrected chi connectivity index (χ3v) is 4.87. The van der Waals surface area contributed by atoms with Crippen LogP contribution in [0, 0.1) is 22.6 Å². The maximum absolute atomic E-state index is 13.2. The molecular weight excluding hydrogens is 255 g/mol. The molecule has 3 nitrogen and oxygen atoms in total. The van der Waals surface area contributed by atoms with Crippen LogP contribution >= 0.6 is 0 Å². The fraction of sp³-hybridized carbons (Fsp3) is 0.562. The lowest BCUT2D eigenvalue weighted by molar-refractivity contribution is -0.157. The third-order valence-electron chi connectivity index (χ3n) is 4.87. The molecular formula is C16H19FN2O. The zero-order valence-electron chi connectivity index (χ0n) is 11.7. The average molecular weight is 274 g/mol. The first-order valence-electron chi connectivity index (χ1n) is 7.27. The van der Waals surface area contributed by atoms with Crippen LogP contribution in [0.1, 0.15) is 38.2 Å². The number of hydrogen-bond donors (Lipinski definition) is 1. The van der Waals surface area contributed by atoms with Crippen molar-refractivity contribution in [2.24, 2.45) is 5.41 Å². The molecule has 1 aromatic carbocycles. The summed E-state index contributed by atoms with van der Waals surface area (Å²) in [5.41, 5.74) is 1.34. The van der Waals surface area contributed by atoms with Crippen molar-refractivity contribution >= 4 is 5.69 Å². The Morgan fingerprint density at radius 3 is 2.90 bits per heavy atom. The van der Waals surface area contributed by atoms with Gasteiger partial charge in [0.2, 0.25) is 0 Å². The van der Waals surface area contributed by atoms with Gasteiger partial charge in [-0.3, -0.25) is 0 Å². The summed E-state index contributed by atoms with van der Waals surface area (Å²) >= 11 is 0. The van der Waals surface area contributed by atoms with Crippen LogP contribution in [0.15, 0.2) is 18.2 Å². The molecule has 0 radical (unpaired) electrons. The van der Waals surface area contributed by atoms with Gasteiger partial charge in [0.15, 0.2) is 0 Å². The van der Waals surface area contributed by atoms with Gasteiger partial charge >= 0.3 is 0 Å². The number of rotatable bonds is 4. The summed E-state index contributed by atoms with van der Waals surface area (Å²) in [7, 11) is 0. The van der Waals surface area contributed by atoms with Crippen LogP contribution in [-0.4, -0.2) is 18.8 Å². The van der Waals surface area contributed by atoms with Crippen molar-refractivity contribution in [2.75, 3.05) is 11.9 Å². The molecule has 3 rings (SSSR count). The molecule has 2 atom stereocenters. The molecule has 0 aliphatic heterocycles. The van der Waals surface area contributed by atoms with Crippen molar-refractivity contribution in [1.82, 2.24) is 0 Å². The van der Waals surface area contributed by atoms with Gasteiger partial charge in [0, 0.05) is 18.1 Å². The first kappa shape index (κ1) is 13.4. The molecule has 1 N–H and O–H groups in total. The molecule has 106 valence electrons. The van der Waals surface area contributed by atoms with Crippen molar-refractivity contribution < 1.29 is 9.13 Å². The first-order valence-corrected chi connectivity index (χ1v) is 7.27. The van der Waals surface area contributed by atoms with Gasteiger partial charge in [-0.05, 0) is 44.4 Å². The van der Waals surface area contributed by atoms with Gasteiger partial charge in [0.1, 0.15) is 11.9 Å². The highest BCUT2D eigenvalue weighted by Crippen LogP contribution is 2.58. The molecule has 1 spiro atoms. The molecule has 0 heterocycles. The van der Waals surface area contributed by atoms with Crippen LogP contribution < -0.4 is 5.32 Å². The molecule has 0 aromatic heterocycles. The monoisotopic (exact) mass is 274 g/mol. The molecule has 0 saturated heterocycles. The van der Waals surface area contributed by atoms with Gasteiger partial charge < -0.3 is 10.1 Å². The zero-order valence-corrected chi connectivity index (χ0v) is 11.7. The predicted molar refractivity (Wildman–Crippen MR) is 74.8 cm³/mol. The number of ether oxygens (including phenoxy) is 1. The number of nitrogens with zero attached hydrogens (tertiary/aromatic N) is 1. The highest BCUT2D eigenvalue weighted by atomic mass is 19.1. The fourth-order valence-electron chi connectivity index (χ4n) is 3.56. The van der Waals surface area contributed by atoms with E-state index in [-0.39, 0.29) is 11.2 Å². The van der Waals surface area contributed by atoms with E-state index in [0.29, 0.717) is 17.7 Å². The van der Waals surface area contributed by atoms with Gasteiger partial charge in [-0.2, -0.15) is 5.26 Å². The SMILES string of the molecule is CCOC1CC(Nc2ccc(F)cc2C#N)C12CCC2. The number of benzene rings is 1. The summed E-state index contributed by atoms with van der Waals surface area (Å²) in [6.07, 6.45) is 4.91. The lowest BCUT2D eigenvalue weighted by atomic mass is 9.51. The maximum Gasteiger partial charge on any atom is 0.124 e. The van der Waals surface area contributed by atoms with Crippen molar-refractivity contribution in [2.45, 2.75) is 44.8 Å². The highest BCUT2D eigenvalue weighted by molar-refractivity contribution is 5.58. The van der Waals surface area contributed by atoms with E-state index in [1.807, 2.05) is 6.92 Å². The molecule has 20 heavy (non-hydrogen) atoms. The normalized spacial score (nSPS) is 26.4. The van der Waals surface area contributed by atoms with E-state index < -0.39 is 0 Å². The third kappa shape index (κ3) is 1.97. The second-order valence-corrected chi connectivity index (χ2v) is 5.77. The van der Waals surface area contributed by atoms with Crippen LogP contribution in [0.25, 0.3) is 0 Å². The predicted octanol–water partition coefficient (Wildman–Crippen LogP) is 3.46. The largest absolute Gasteiger partial charge is 0.380 e. The fourth-order valence-corrected chi connectivity index (χ4v) is 3.56. The summed E-state index contributed by atoms with van der Waals surface area (Å²) in [6, 6.07) is 6.74. The number of halogens is 1. The van der Waals surface area contributed by atoms with Gasteiger partial charge in [-0.25, -0.2) is 4.39 Å². The van der Waals surface area contributed by atoms with Crippen LogP contribution in [0.5, 0.6) is 0 Å². The Bertz CT molecular complexity index is 548. The Balaban J connectivity index is 1.75. The van der Waals surface area contributed by atoms with Crippen molar-refractivity contribution in [3.05, 3.63) is 29.6 Å². The maximum atomic E-state index is 13.2. The van der Waals surface area contributed by atoms with E-state index in [9.17, 15) is 4.39 Å². The molecule has 2 fully saturated rings. The minimum Gasteiger partial charge on any atom is -0.380 e. The van der Waals surface area contributed by atoms with Crippen molar-refractivity contribution in [3.63, 3.8) is 0 Å². The number of hydrogen-bond acceptors (Lipinski definition) is 3. The summed E-state index contributed by atoms with van der Waals surface area (Å²) in [6.45, 7) is 2.78. The van der Waals surface area contributed by atoms with E-state index in [1.165, 1.54) is 31.4 Å². The van der Waals surface area contributed by atoms with E-state index in [1.54, 1.807) is 6.07 Å². The minimum absolute atomic E-state index is 0.233. The highest BCUT2D eigenvalue weighted by Gasteiger charge is 2.58. The van der Waals surface area contributed by atoms with E-state index in [4.69, 9.17) is 10.00 Å². The Hall–Kier alpha value is -1.60. The quantitative estimate of drug-likeness (QED) is 0.914. The van der Waals surface area contributed by atoms with E-state index in [0.717, 1.165) is 18.7 Å². The smallest absolute Gasteiger partial charge is 0.124 e. The Labute approximate surface area is 118 Å². The second kappa shape index (κ2) is 5.06. The van der Waals surface area contributed by atoms with Crippen LogP contribution in [0.4, 0.5) is 10.1 Å². The Morgan fingerprint density at radius 1 is 1.50 bits per heavy atom. The van der Waals surface area contributed by atoms with Crippen LogP contribution in [0.2, 0.25) is 0 Å².